The SMILES string of the molecule is CCN1C(=O)/C(=C\c2ccccc2OCc2ccc([N+](=O)[O-])cc2)SC1=Nc1ccc(OC)cc1. The maximum Gasteiger partial charge on any atom is 0.269 e. The Labute approximate surface area is 207 Å². The molecule has 0 spiro atoms. The van der Waals surface area contributed by atoms with Gasteiger partial charge in [-0.2, -0.15) is 0 Å². The summed E-state index contributed by atoms with van der Waals surface area (Å²) < 4.78 is 11.2. The van der Waals surface area contributed by atoms with Crippen molar-refractivity contribution < 1.29 is 19.2 Å². The third kappa shape index (κ3) is 5.70. The highest BCUT2D eigenvalue weighted by molar-refractivity contribution is 8.18. The quantitative estimate of drug-likeness (QED) is 0.225. The van der Waals surface area contributed by atoms with Crippen molar-refractivity contribution in [3.8, 4) is 11.5 Å². The molecular weight excluding hydrogens is 466 g/mol. The molecular formula is C26H23N3O5S. The first-order valence-corrected chi connectivity index (χ1v) is 11.7. The third-order valence-corrected chi connectivity index (χ3v) is 6.26. The largest absolute Gasteiger partial charge is 0.497 e. The Morgan fingerprint density at radius 1 is 1.06 bits per heavy atom. The van der Waals surface area contributed by atoms with E-state index in [1.807, 2.05) is 55.5 Å². The second kappa shape index (κ2) is 10.9. The number of amides is 1. The molecule has 3 aromatic rings. The van der Waals surface area contributed by atoms with Crippen molar-refractivity contribution in [2.24, 2.45) is 4.99 Å². The number of benzene rings is 3. The molecule has 0 N–H and O–H groups in total. The van der Waals surface area contributed by atoms with Crippen molar-refractivity contribution in [1.29, 1.82) is 0 Å². The van der Waals surface area contributed by atoms with Crippen LogP contribution < -0.4 is 9.47 Å². The fraction of sp³-hybridized carbons (Fsp3) is 0.154. The number of methoxy groups -OCH3 is 1. The molecule has 0 aromatic heterocycles. The maximum absolute atomic E-state index is 13.1. The molecule has 1 heterocycles. The molecule has 9 heteroatoms. The van der Waals surface area contributed by atoms with Crippen LogP contribution in [0.1, 0.15) is 18.1 Å². The number of ether oxygens (including phenoxy) is 2. The van der Waals surface area contributed by atoms with E-state index in [0.717, 1.165) is 22.6 Å². The van der Waals surface area contributed by atoms with Crippen molar-refractivity contribution in [1.82, 2.24) is 4.90 Å². The minimum atomic E-state index is -0.436. The first-order chi connectivity index (χ1) is 17.0. The fourth-order valence-electron chi connectivity index (χ4n) is 3.38. The Bertz CT molecular complexity index is 1290. The van der Waals surface area contributed by atoms with Crippen molar-refractivity contribution in [2.75, 3.05) is 13.7 Å². The first-order valence-electron chi connectivity index (χ1n) is 10.9. The first kappa shape index (κ1) is 24.0. The summed E-state index contributed by atoms with van der Waals surface area (Å²) in [5.41, 5.74) is 2.32. The molecule has 0 bridgehead atoms. The summed E-state index contributed by atoms with van der Waals surface area (Å²) in [5, 5.41) is 11.5. The van der Waals surface area contributed by atoms with Crippen LogP contribution in [-0.4, -0.2) is 34.6 Å². The zero-order valence-electron chi connectivity index (χ0n) is 19.2. The molecule has 3 aromatic carbocycles. The summed E-state index contributed by atoms with van der Waals surface area (Å²) in [6.45, 7) is 2.65. The van der Waals surface area contributed by atoms with E-state index >= 15 is 0 Å². The number of nitro benzene ring substituents is 1. The maximum atomic E-state index is 13.1. The number of nitro groups is 1. The zero-order valence-corrected chi connectivity index (χ0v) is 20.0. The Morgan fingerprint density at radius 3 is 2.43 bits per heavy atom. The fourth-order valence-corrected chi connectivity index (χ4v) is 4.44. The molecule has 0 unspecified atom stereocenters. The number of nitrogens with zero attached hydrogens (tertiary/aromatic N) is 3. The van der Waals surface area contributed by atoms with Gasteiger partial charge in [-0.25, -0.2) is 4.99 Å². The van der Waals surface area contributed by atoms with Crippen molar-refractivity contribution in [2.45, 2.75) is 13.5 Å². The van der Waals surface area contributed by atoms with E-state index in [1.165, 1.54) is 23.9 Å². The van der Waals surface area contributed by atoms with Crippen molar-refractivity contribution in [3.05, 3.63) is 98.9 Å². The second-order valence-corrected chi connectivity index (χ2v) is 8.51. The molecule has 1 aliphatic rings. The Kier molecular flexibility index (Phi) is 7.47. The van der Waals surface area contributed by atoms with E-state index in [1.54, 1.807) is 30.2 Å². The molecule has 8 nitrogen and oxygen atoms in total. The summed E-state index contributed by atoms with van der Waals surface area (Å²) in [6.07, 6.45) is 1.80. The molecule has 4 rings (SSSR count). The van der Waals surface area contributed by atoms with E-state index in [-0.39, 0.29) is 18.2 Å². The van der Waals surface area contributed by atoms with Gasteiger partial charge >= 0.3 is 0 Å². The number of carbonyl (C=O) groups excluding carboxylic acids is 1. The van der Waals surface area contributed by atoms with Gasteiger partial charge in [0.25, 0.3) is 11.6 Å². The number of non-ortho nitro benzene ring substituents is 1. The van der Waals surface area contributed by atoms with Gasteiger partial charge in [0.1, 0.15) is 18.1 Å². The second-order valence-electron chi connectivity index (χ2n) is 7.50. The van der Waals surface area contributed by atoms with Crippen LogP contribution in [0.25, 0.3) is 6.08 Å². The van der Waals surface area contributed by atoms with Gasteiger partial charge < -0.3 is 9.47 Å². The number of thioether (sulfide) groups is 1. The molecule has 0 atom stereocenters. The number of aliphatic imine (C=N–C) groups is 1. The van der Waals surface area contributed by atoms with Crippen LogP contribution >= 0.6 is 11.8 Å². The Morgan fingerprint density at radius 2 is 1.77 bits per heavy atom. The van der Waals surface area contributed by atoms with Gasteiger partial charge in [-0.1, -0.05) is 18.2 Å². The van der Waals surface area contributed by atoms with Gasteiger partial charge in [0.2, 0.25) is 0 Å². The normalized spacial score (nSPS) is 15.6. The van der Waals surface area contributed by atoms with Crippen LogP contribution in [0.15, 0.2) is 82.7 Å². The summed E-state index contributed by atoms with van der Waals surface area (Å²) >= 11 is 1.32. The highest BCUT2D eigenvalue weighted by Gasteiger charge is 2.32. The van der Waals surface area contributed by atoms with E-state index < -0.39 is 4.92 Å². The molecule has 1 aliphatic heterocycles. The van der Waals surface area contributed by atoms with Crippen LogP contribution in [0, 0.1) is 10.1 Å². The monoisotopic (exact) mass is 489 g/mol. The highest BCUT2D eigenvalue weighted by Crippen LogP contribution is 2.35. The van der Waals surface area contributed by atoms with Gasteiger partial charge in [0.15, 0.2) is 5.17 Å². The van der Waals surface area contributed by atoms with Gasteiger partial charge in [-0.05, 0) is 72.8 Å². The average molecular weight is 490 g/mol. The molecule has 178 valence electrons. The molecule has 0 aliphatic carbocycles. The van der Waals surface area contributed by atoms with Crippen LogP contribution in [0.2, 0.25) is 0 Å². The predicted molar refractivity (Wildman–Crippen MR) is 137 cm³/mol. The minimum Gasteiger partial charge on any atom is -0.497 e. The lowest BCUT2D eigenvalue weighted by atomic mass is 10.1. The van der Waals surface area contributed by atoms with Gasteiger partial charge in [0, 0.05) is 24.2 Å². The van der Waals surface area contributed by atoms with Crippen molar-refractivity contribution in [3.63, 3.8) is 0 Å². The molecule has 0 saturated carbocycles. The summed E-state index contributed by atoms with van der Waals surface area (Å²) in [6, 6.07) is 21.0. The standard InChI is InChI=1S/C26H23N3O5S/c1-3-28-25(30)24(35-26(28)27-20-10-14-22(33-2)15-11-20)16-19-6-4-5-7-23(19)34-17-18-8-12-21(13-9-18)29(31)32/h4-16H,3,17H2,1-2H3/b24-16+,27-26?. The zero-order chi connectivity index (χ0) is 24.8. The number of amidine groups is 1. The lowest BCUT2D eigenvalue weighted by molar-refractivity contribution is -0.384. The molecule has 1 amide bonds. The smallest absolute Gasteiger partial charge is 0.269 e. The van der Waals surface area contributed by atoms with Gasteiger partial charge in [-0.15, -0.1) is 0 Å². The van der Waals surface area contributed by atoms with Crippen molar-refractivity contribution >= 4 is 40.3 Å². The van der Waals surface area contributed by atoms with Crippen LogP contribution in [-0.2, 0) is 11.4 Å². The van der Waals surface area contributed by atoms with E-state index in [9.17, 15) is 14.9 Å². The van der Waals surface area contributed by atoms with Gasteiger partial charge in [-0.3, -0.25) is 19.8 Å². The molecule has 0 radical (unpaired) electrons. The van der Waals surface area contributed by atoms with Gasteiger partial charge in [0.05, 0.1) is 22.6 Å². The summed E-state index contributed by atoms with van der Waals surface area (Å²) in [4.78, 5) is 30.3. The number of para-hydroxylation sites is 1. The van der Waals surface area contributed by atoms with E-state index in [0.29, 0.717) is 22.4 Å². The average Bonchev–Trinajstić information content (AvgIpc) is 3.17. The number of rotatable bonds is 8. The molecule has 35 heavy (non-hydrogen) atoms. The highest BCUT2D eigenvalue weighted by atomic mass is 32.2. The molecule has 1 saturated heterocycles. The lowest BCUT2D eigenvalue weighted by Crippen LogP contribution is -2.28. The number of carbonyl (C=O) groups is 1. The van der Waals surface area contributed by atoms with Crippen LogP contribution in [0.3, 0.4) is 0 Å². The number of likely N-dealkylation sites (N-methyl/N-ethyl adjacent to an activating group) is 1. The minimum absolute atomic E-state index is 0.0308. The topological polar surface area (TPSA) is 94.3 Å². The number of hydrogen-bond donors (Lipinski definition) is 0. The van der Waals surface area contributed by atoms with E-state index in [2.05, 4.69) is 4.99 Å². The van der Waals surface area contributed by atoms with Crippen LogP contribution in [0.4, 0.5) is 11.4 Å². The third-order valence-electron chi connectivity index (χ3n) is 5.25. The Hall–Kier alpha value is -4.11. The Balaban J connectivity index is 1.54. The van der Waals surface area contributed by atoms with Crippen LogP contribution in [0.5, 0.6) is 11.5 Å². The number of hydrogen-bond acceptors (Lipinski definition) is 7. The lowest BCUT2D eigenvalue weighted by Gasteiger charge is -2.12. The summed E-state index contributed by atoms with van der Waals surface area (Å²) in [5.74, 6) is 1.23. The molecule has 1 fully saturated rings. The van der Waals surface area contributed by atoms with E-state index in [4.69, 9.17) is 9.47 Å². The predicted octanol–water partition coefficient (Wildman–Crippen LogP) is 5.81. The summed E-state index contributed by atoms with van der Waals surface area (Å²) in [7, 11) is 1.61.